The number of rotatable bonds is 5. The zero-order valence-electron chi connectivity index (χ0n) is 5.49. The van der Waals surface area contributed by atoms with Gasteiger partial charge in [-0.25, -0.2) is 0 Å². The number of hydrogen-bond donors (Lipinski definition) is 1. The standard InChI is InChI=1S/C5H10S5/c6-10-4-8-3-9-5-1-7-2-5/h5-6H,1-4H2. The molecule has 5 heteroatoms. The molecule has 1 fully saturated rings. The third kappa shape index (κ3) is 3.95. The highest BCUT2D eigenvalue weighted by Crippen LogP contribution is 2.32. The maximum absolute atomic E-state index is 4.06. The predicted octanol–water partition coefficient (Wildman–Crippen LogP) is 3.06. The number of thiol groups is 1. The van der Waals surface area contributed by atoms with Gasteiger partial charge in [-0.2, -0.15) is 11.8 Å². The second kappa shape index (κ2) is 6.29. The van der Waals surface area contributed by atoms with Gasteiger partial charge in [-0.1, -0.05) is 10.8 Å². The van der Waals surface area contributed by atoms with Gasteiger partial charge in [0.1, 0.15) is 0 Å². The van der Waals surface area contributed by atoms with E-state index in [1.165, 1.54) is 16.6 Å². The summed E-state index contributed by atoms with van der Waals surface area (Å²) in [4.78, 5) is 0. The Morgan fingerprint density at radius 2 is 2.20 bits per heavy atom. The fourth-order valence-corrected chi connectivity index (χ4v) is 5.31. The molecule has 0 unspecified atom stereocenters. The van der Waals surface area contributed by atoms with Gasteiger partial charge >= 0.3 is 0 Å². The fraction of sp³-hybridized carbons (Fsp3) is 1.00. The van der Waals surface area contributed by atoms with Crippen molar-refractivity contribution in [2.24, 2.45) is 0 Å². The molecular formula is C5H10S5. The van der Waals surface area contributed by atoms with Crippen LogP contribution in [-0.4, -0.2) is 26.9 Å². The average molecular weight is 230 g/mol. The molecule has 60 valence electrons. The predicted molar refractivity (Wildman–Crippen MR) is 62.6 cm³/mol. The molecule has 1 rings (SSSR count). The molecule has 0 aromatic carbocycles. The summed E-state index contributed by atoms with van der Waals surface area (Å²) in [5.41, 5.74) is 0. The van der Waals surface area contributed by atoms with Crippen LogP contribution in [-0.2, 0) is 0 Å². The van der Waals surface area contributed by atoms with Crippen LogP contribution in [0.4, 0.5) is 0 Å². The van der Waals surface area contributed by atoms with Crippen molar-refractivity contribution in [3.63, 3.8) is 0 Å². The highest BCUT2D eigenvalue weighted by Gasteiger charge is 2.17. The zero-order chi connectivity index (χ0) is 7.23. The van der Waals surface area contributed by atoms with Crippen molar-refractivity contribution >= 4 is 57.7 Å². The molecule has 0 saturated carbocycles. The van der Waals surface area contributed by atoms with Crippen molar-refractivity contribution in [1.29, 1.82) is 0 Å². The Balaban J connectivity index is 1.76. The van der Waals surface area contributed by atoms with E-state index < -0.39 is 0 Å². The average Bonchev–Trinajstić information content (AvgIpc) is 1.84. The monoisotopic (exact) mass is 230 g/mol. The molecule has 10 heavy (non-hydrogen) atoms. The molecule has 0 aromatic heterocycles. The number of hydrogen-bond acceptors (Lipinski definition) is 5. The lowest BCUT2D eigenvalue weighted by Crippen LogP contribution is -2.20. The van der Waals surface area contributed by atoms with Crippen LogP contribution in [0.2, 0.25) is 0 Å². The minimum Gasteiger partial charge on any atom is -0.160 e. The van der Waals surface area contributed by atoms with Crippen molar-refractivity contribution in [2.75, 3.05) is 21.7 Å². The van der Waals surface area contributed by atoms with E-state index in [9.17, 15) is 0 Å². The van der Waals surface area contributed by atoms with E-state index in [1.807, 2.05) is 11.8 Å². The second-order valence-electron chi connectivity index (χ2n) is 1.90. The van der Waals surface area contributed by atoms with Crippen molar-refractivity contribution in [3.05, 3.63) is 0 Å². The van der Waals surface area contributed by atoms with Crippen molar-refractivity contribution in [2.45, 2.75) is 5.25 Å². The maximum Gasteiger partial charge on any atom is 0.0501 e. The van der Waals surface area contributed by atoms with Crippen LogP contribution >= 0.6 is 57.7 Å². The molecule has 0 nitrogen and oxygen atoms in total. The molecule has 1 saturated heterocycles. The Labute approximate surface area is 84.2 Å². The molecule has 0 aliphatic carbocycles. The number of thioether (sulfide) groups is 3. The van der Waals surface area contributed by atoms with Crippen LogP contribution in [0.15, 0.2) is 0 Å². The van der Waals surface area contributed by atoms with Gasteiger partial charge in [0.2, 0.25) is 0 Å². The molecule has 0 spiro atoms. The summed E-state index contributed by atoms with van der Waals surface area (Å²) < 4.78 is 0. The molecule has 0 amide bonds. The van der Waals surface area contributed by atoms with Gasteiger partial charge in [0, 0.05) is 21.8 Å². The molecule has 1 aliphatic heterocycles. The smallest absolute Gasteiger partial charge is 0.0501 e. The first-order chi connectivity index (χ1) is 4.93. The Morgan fingerprint density at radius 1 is 1.40 bits per heavy atom. The van der Waals surface area contributed by atoms with Gasteiger partial charge in [-0.15, -0.1) is 35.2 Å². The summed E-state index contributed by atoms with van der Waals surface area (Å²) in [6.07, 6.45) is 0. The Morgan fingerprint density at radius 3 is 2.70 bits per heavy atom. The lowest BCUT2D eigenvalue weighted by atomic mass is 10.5. The Kier molecular flexibility index (Phi) is 6.18. The molecule has 1 aliphatic rings. The zero-order valence-corrected chi connectivity index (χ0v) is 9.65. The van der Waals surface area contributed by atoms with Gasteiger partial charge in [0.05, 0.1) is 5.08 Å². The third-order valence-corrected chi connectivity index (χ3v) is 6.88. The SMILES string of the molecule is SSCSCSC1CSC1. The van der Waals surface area contributed by atoms with E-state index in [0.29, 0.717) is 0 Å². The normalized spacial score (nSPS) is 18.9. The van der Waals surface area contributed by atoms with Gasteiger partial charge < -0.3 is 0 Å². The molecule has 0 atom stereocenters. The molecule has 0 bridgehead atoms. The van der Waals surface area contributed by atoms with Crippen LogP contribution < -0.4 is 0 Å². The van der Waals surface area contributed by atoms with Gasteiger partial charge in [0.15, 0.2) is 0 Å². The molecule has 0 N–H and O–H groups in total. The van der Waals surface area contributed by atoms with Crippen LogP contribution in [0.1, 0.15) is 0 Å². The van der Waals surface area contributed by atoms with Crippen molar-refractivity contribution < 1.29 is 0 Å². The van der Waals surface area contributed by atoms with E-state index in [0.717, 1.165) is 10.3 Å². The van der Waals surface area contributed by atoms with Gasteiger partial charge in [-0.3, -0.25) is 0 Å². The second-order valence-corrected chi connectivity index (χ2v) is 7.30. The largest absolute Gasteiger partial charge is 0.160 e. The maximum atomic E-state index is 4.06. The van der Waals surface area contributed by atoms with Crippen LogP contribution in [0.25, 0.3) is 0 Å². The highest BCUT2D eigenvalue weighted by molar-refractivity contribution is 8.70. The molecular weight excluding hydrogens is 220 g/mol. The first-order valence-electron chi connectivity index (χ1n) is 2.97. The van der Waals surface area contributed by atoms with Crippen LogP contribution in [0.3, 0.4) is 0 Å². The first kappa shape index (κ1) is 9.84. The highest BCUT2D eigenvalue weighted by atomic mass is 33.1. The molecule has 1 heterocycles. The Bertz CT molecular complexity index is 82.1. The lowest BCUT2D eigenvalue weighted by Gasteiger charge is -2.23. The van der Waals surface area contributed by atoms with E-state index in [-0.39, 0.29) is 0 Å². The summed E-state index contributed by atoms with van der Waals surface area (Å²) in [6.45, 7) is 0. The summed E-state index contributed by atoms with van der Waals surface area (Å²) in [7, 11) is 1.62. The molecule has 0 radical (unpaired) electrons. The van der Waals surface area contributed by atoms with Crippen molar-refractivity contribution in [1.82, 2.24) is 0 Å². The van der Waals surface area contributed by atoms with Crippen LogP contribution in [0, 0.1) is 0 Å². The van der Waals surface area contributed by atoms with Crippen LogP contribution in [0.5, 0.6) is 0 Å². The van der Waals surface area contributed by atoms with E-state index in [2.05, 4.69) is 35.2 Å². The van der Waals surface area contributed by atoms with E-state index in [1.54, 1.807) is 10.8 Å². The van der Waals surface area contributed by atoms with Gasteiger partial charge in [-0.05, 0) is 0 Å². The Hall–Kier alpha value is 1.75. The minimum absolute atomic E-state index is 0.961. The summed E-state index contributed by atoms with van der Waals surface area (Å²) in [5.74, 6) is 2.75. The first-order valence-corrected chi connectivity index (χ1v) is 8.36. The van der Waals surface area contributed by atoms with E-state index >= 15 is 0 Å². The summed E-state index contributed by atoms with van der Waals surface area (Å²) in [5, 5.41) is 3.33. The lowest BCUT2D eigenvalue weighted by molar-refractivity contribution is 1.09. The summed E-state index contributed by atoms with van der Waals surface area (Å²) in [6, 6.07) is 0. The summed E-state index contributed by atoms with van der Waals surface area (Å²) >= 11 is 10.2. The topological polar surface area (TPSA) is 0 Å². The minimum atomic E-state index is 0.961. The third-order valence-electron chi connectivity index (χ3n) is 1.13. The van der Waals surface area contributed by atoms with Gasteiger partial charge in [0.25, 0.3) is 0 Å². The van der Waals surface area contributed by atoms with E-state index in [4.69, 9.17) is 0 Å². The molecule has 0 aromatic rings. The fourth-order valence-electron chi connectivity index (χ4n) is 0.526. The van der Waals surface area contributed by atoms with Crippen molar-refractivity contribution in [3.8, 4) is 0 Å². The quantitative estimate of drug-likeness (QED) is 0.333.